The Labute approximate surface area is 202 Å². The van der Waals surface area contributed by atoms with Gasteiger partial charge in [0.1, 0.15) is 16.5 Å². The number of halogens is 2. The molecule has 3 aromatic rings. The summed E-state index contributed by atoms with van der Waals surface area (Å²) in [5.74, 6) is -0.678. The second-order valence-corrected chi connectivity index (χ2v) is 9.91. The van der Waals surface area contributed by atoms with E-state index in [0.29, 0.717) is 14.6 Å². The number of rotatable bonds is 6. The van der Waals surface area contributed by atoms with Crippen LogP contribution in [0.15, 0.2) is 86.1 Å². The molecule has 0 aromatic heterocycles. The van der Waals surface area contributed by atoms with Crippen LogP contribution in [0.5, 0.6) is 5.75 Å². The van der Waals surface area contributed by atoms with E-state index in [2.05, 4.69) is 37.2 Å². The zero-order chi connectivity index (χ0) is 23.3. The van der Waals surface area contributed by atoms with Crippen molar-refractivity contribution in [3.8, 4) is 11.8 Å². The summed E-state index contributed by atoms with van der Waals surface area (Å²) in [6.45, 7) is 1.83. The number of carbonyl (C=O) groups is 1. The van der Waals surface area contributed by atoms with Crippen LogP contribution in [0, 0.1) is 18.3 Å². The van der Waals surface area contributed by atoms with Crippen molar-refractivity contribution in [3.05, 3.63) is 92.4 Å². The van der Waals surface area contributed by atoms with Crippen molar-refractivity contribution in [1.29, 1.82) is 5.26 Å². The van der Waals surface area contributed by atoms with Gasteiger partial charge in [-0.2, -0.15) is 13.7 Å². The van der Waals surface area contributed by atoms with E-state index in [9.17, 15) is 18.5 Å². The highest BCUT2D eigenvalue weighted by Crippen LogP contribution is 2.36. The first-order valence-corrected chi connectivity index (χ1v) is 12.2. The monoisotopic (exact) mass is 574 g/mol. The number of carbonyl (C=O) groups excluding carboxylic acids is 1. The Morgan fingerprint density at radius 1 is 1.06 bits per heavy atom. The SMILES string of the molecule is Cc1ccccc1NC(=O)/C(C#N)=C/c1cc(Br)cc(Br)c1OS(=O)(=O)c1ccccc1. The second-order valence-electron chi connectivity index (χ2n) is 6.60. The van der Waals surface area contributed by atoms with Crippen LogP contribution in [0.25, 0.3) is 6.08 Å². The number of anilines is 1. The van der Waals surface area contributed by atoms with E-state index in [1.165, 1.54) is 18.2 Å². The number of hydrogen-bond acceptors (Lipinski definition) is 5. The normalized spacial score (nSPS) is 11.5. The summed E-state index contributed by atoms with van der Waals surface area (Å²) in [5, 5.41) is 12.3. The molecule has 0 aliphatic heterocycles. The molecule has 3 aromatic carbocycles. The third-order valence-electron chi connectivity index (χ3n) is 4.32. The van der Waals surface area contributed by atoms with Crippen molar-refractivity contribution in [3.63, 3.8) is 0 Å². The fourth-order valence-corrected chi connectivity index (χ4v) is 5.17. The molecule has 3 rings (SSSR count). The lowest BCUT2D eigenvalue weighted by Gasteiger charge is -2.13. The van der Waals surface area contributed by atoms with Gasteiger partial charge >= 0.3 is 10.1 Å². The first-order chi connectivity index (χ1) is 15.2. The fourth-order valence-electron chi connectivity index (χ4n) is 2.73. The highest BCUT2D eigenvalue weighted by molar-refractivity contribution is 9.11. The van der Waals surface area contributed by atoms with E-state index in [4.69, 9.17) is 4.18 Å². The molecule has 0 fully saturated rings. The summed E-state index contributed by atoms with van der Waals surface area (Å²) in [7, 11) is -4.15. The molecular weight excluding hydrogens is 560 g/mol. The van der Waals surface area contributed by atoms with Crippen LogP contribution in [-0.4, -0.2) is 14.3 Å². The van der Waals surface area contributed by atoms with Gasteiger partial charge in [-0.15, -0.1) is 0 Å². The average Bonchev–Trinajstić information content (AvgIpc) is 2.76. The van der Waals surface area contributed by atoms with Crippen molar-refractivity contribution in [2.24, 2.45) is 0 Å². The van der Waals surface area contributed by atoms with Gasteiger partial charge in [-0.3, -0.25) is 4.79 Å². The van der Waals surface area contributed by atoms with Crippen molar-refractivity contribution >= 4 is 59.6 Å². The minimum atomic E-state index is -4.15. The maximum atomic E-state index is 12.7. The predicted octanol–water partition coefficient (Wildman–Crippen LogP) is 5.83. The molecule has 0 atom stereocenters. The fraction of sp³-hybridized carbons (Fsp3) is 0.0435. The topological polar surface area (TPSA) is 96.3 Å². The Morgan fingerprint density at radius 2 is 1.72 bits per heavy atom. The zero-order valence-corrected chi connectivity index (χ0v) is 20.7. The number of nitriles is 1. The van der Waals surface area contributed by atoms with Crippen LogP contribution in [-0.2, 0) is 14.9 Å². The molecular formula is C23H16Br2N2O4S. The summed E-state index contributed by atoms with van der Waals surface area (Å²) in [4.78, 5) is 12.7. The Hall–Kier alpha value is -2.93. The lowest BCUT2D eigenvalue weighted by atomic mass is 10.1. The number of nitrogens with zero attached hydrogens (tertiary/aromatic N) is 1. The molecule has 0 aliphatic carbocycles. The summed E-state index contributed by atoms with van der Waals surface area (Å²) < 4.78 is 31.8. The van der Waals surface area contributed by atoms with Gasteiger partial charge in [-0.25, -0.2) is 0 Å². The van der Waals surface area contributed by atoms with Gasteiger partial charge < -0.3 is 9.50 Å². The van der Waals surface area contributed by atoms with Crippen LogP contribution in [0.1, 0.15) is 11.1 Å². The van der Waals surface area contributed by atoms with Crippen LogP contribution >= 0.6 is 31.9 Å². The molecule has 32 heavy (non-hydrogen) atoms. The molecule has 0 heterocycles. The minimum Gasteiger partial charge on any atom is -0.377 e. The smallest absolute Gasteiger partial charge is 0.339 e. The molecule has 0 aliphatic rings. The van der Waals surface area contributed by atoms with Gasteiger partial charge in [0.25, 0.3) is 5.91 Å². The second kappa shape index (κ2) is 10.1. The lowest BCUT2D eigenvalue weighted by Crippen LogP contribution is -2.14. The van der Waals surface area contributed by atoms with Crippen LogP contribution in [0.3, 0.4) is 0 Å². The van der Waals surface area contributed by atoms with Crippen LogP contribution in [0.4, 0.5) is 5.69 Å². The molecule has 9 heteroatoms. The highest BCUT2D eigenvalue weighted by atomic mass is 79.9. The van der Waals surface area contributed by atoms with E-state index >= 15 is 0 Å². The first kappa shape index (κ1) is 23.7. The van der Waals surface area contributed by atoms with E-state index in [0.717, 1.165) is 5.56 Å². The number of para-hydroxylation sites is 1. The molecule has 162 valence electrons. The third kappa shape index (κ3) is 5.65. The van der Waals surface area contributed by atoms with Gasteiger partial charge in [0, 0.05) is 15.7 Å². The van der Waals surface area contributed by atoms with Crippen LogP contribution < -0.4 is 9.50 Å². The Bertz CT molecular complexity index is 1350. The average molecular weight is 576 g/mol. The quantitative estimate of drug-likeness (QED) is 0.226. The number of hydrogen-bond donors (Lipinski definition) is 1. The van der Waals surface area contributed by atoms with Crippen molar-refractivity contribution < 1.29 is 17.4 Å². The Morgan fingerprint density at radius 3 is 2.38 bits per heavy atom. The zero-order valence-electron chi connectivity index (χ0n) is 16.7. The number of aryl methyl sites for hydroxylation is 1. The molecule has 0 radical (unpaired) electrons. The molecule has 0 saturated heterocycles. The largest absolute Gasteiger partial charge is 0.377 e. The molecule has 6 nitrogen and oxygen atoms in total. The van der Waals surface area contributed by atoms with Gasteiger partial charge in [0.2, 0.25) is 0 Å². The summed E-state index contributed by atoms with van der Waals surface area (Å²) in [6, 6.07) is 19.8. The summed E-state index contributed by atoms with van der Waals surface area (Å²) in [5.41, 5.74) is 1.40. The van der Waals surface area contributed by atoms with Gasteiger partial charge in [0.05, 0.1) is 4.47 Å². The number of nitrogens with one attached hydrogen (secondary N) is 1. The van der Waals surface area contributed by atoms with E-state index < -0.39 is 16.0 Å². The molecule has 0 unspecified atom stereocenters. The van der Waals surface area contributed by atoms with E-state index in [1.807, 2.05) is 25.1 Å². The van der Waals surface area contributed by atoms with Crippen molar-refractivity contribution in [1.82, 2.24) is 0 Å². The molecule has 0 bridgehead atoms. The molecule has 1 amide bonds. The maximum Gasteiger partial charge on any atom is 0.339 e. The highest BCUT2D eigenvalue weighted by Gasteiger charge is 2.21. The maximum absolute atomic E-state index is 12.7. The number of benzene rings is 3. The molecule has 0 saturated carbocycles. The van der Waals surface area contributed by atoms with Crippen molar-refractivity contribution in [2.75, 3.05) is 5.32 Å². The summed E-state index contributed by atoms with van der Waals surface area (Å²) in [6.07, 6.45) is 1.28. The lowest BCUT2D eigenvalue weighted by molar-refractivity contribution is -0.112. The third-order valence-corrected chi connectivity index (χ3v) is 6.60. The first-order valence-electron chi connectivity index (χ1n) is 9.18. The van der Waals surface area contributed by atoms with Crippen LogP contribution in [0.2, 0.25) is 0 Å². The molecule has 0 spiro atoms. The van der Waals surface area contributed by atoms with E-state index in [-0.39, 0.29) is 21.8 Å². The van der Waals surface area contributed by atoms with Gasteiger partial charge in [-0.05, 0) is 64.8 Å². The molecule has 1 N–H and O–H groups in total. The van der Waals surface area contributed by atoms with E-state index in [1.54, 1.807) is 42.5 Å². The predicted molar refractivity (Wildman–Crippen MR) is 129 cm³/mol. The Balaban J connectivity index is 2.01. The van der Waals surface area contributed by atoms with Gasteiger partial charge in [-0.1, -0.05) is 52.3 Å². The minimum absolute atomic E-state index is 0.0254. The van der Waals surface area contributed by atoms with Crippen molar-refractivity contribution in [2.45, 2.75) is 11.8 Å². The number of amides is 1. The van der Waals surface area contributed by atoms with Gasteiger partial charge in [0.15, 0.2) is 5.75 Å². The Kier molecular flexibility index (Phi) is 7.51. The standard InChI is InChI=1S/C23H16Br2N2O4S/c1-15-7-5-6-10-21(15)27-23(28)17(14-26)11-16-12-18(24)13-20(25)22(16)31-32(29,30)19-8-3-2-4-9-19/h2-13H,1H3,(H,27,28)/b17-11+. The summed E-state index contributed by atoms with van der Waals surface area (Å²) >= 11 is 6.64.